The molecule has 1 aromatic heterocycles. The Bertz CT molecular complexity index is 1160. The molecule has 0 fully saturated rings. The zero-order valence-electron chi connectivity index (χ0n) is 15.5. The molecule has 1 aliphatic rings. The van der Waals surface area contributed by atoms with E-state index in [9.17, 15) is 9.59 Å². The second kappa shape index (κ2) is 8.22. The molecule has 0 saturated heterocycles. The molecule has 0 aliphatic carbocycles. The van der Waals surface area contributed by atoms with Gasteiger partial charge >= 0.3 is 0 Å². The average Bonchev–Trinajstić information content (AvgIpc) is 2.70. The summed E-state index contributed by atoms with van der Waals surface area (Å²) in [6.07, 6.45) is 0.177. The van der Waals surface area contributed by atoms with Crippen molar-refractivity contribution in [3.05, 3.63) is 85.6 Å². The molecule has 1 aliphatic heterocycles. The normalized spacial score (nSPS) is 15.7. The number of nitrogens with one attached hydrogen (secondary N) is 1. The van der Waals surface area contributed by atoms with Gasteiger partial charge in [0.2, 0.25) is 5.91 Å². The van der Waals surface area contributed by atoms with Crippen molar-refractivity contribution >= 4 is 46.7 Å². The Kier molecular flexibility index (Phi) is 5.67. The van der Waals surface area contributed by atoms with Gasteiger partial charge in [0.15, 0.2) is 5.16 Å². The summed E-state index contributed by atoms with van der Waals surface area (Å²) in [4.78, 5) is 29.6. The summed E-state index contributed by atoms with van der Waals surface area (Å²) in [5, 5.41) is 4.59. The highest BCUT2D eigenvalue weighted by molar-refractivity contribution is 7.98. The van der Waals surface area contributed by atoms with Crippen LogP contribution in [0.5, 0.6) is 0 Å². The SMILES string of the molecule is Cn1c(SCc2ccccc2Cl)nc(=O)c2c1NC(=O)CC2c1cccc(Cl)c1. The van der Waals surface area contributed by atoms with Crippen LogP contribution < -0.4 is 10.9 Å². The van der Waals surface area contributed by atoms with Crippen molar-refractivity contribution in [3.8, 4) is 0 Å². The molecule has 1 atom stereocenters. The van der Waals surface area contributed by atoms with Gasteiger partial charge in [-0.2, -0.15) is 4.98 Å². The number of benzene rings is 2. The summed E-state index contributed by atoms with van der Waals surface area (Å²) in [6, 6.07) is 14.8. The largest absolute Gasteiger partial charge is 0.312 e. The van der Waals surface area contributed by atoms with E-state index in [1.807, 2.05) is 36.4 Å². The molecule has 4 rings (SSSR count). The highest BCUT2D eigenvalue weighted by Gasteiger charge is 2.32. The van der Waals surface area contributed by atoms with Gasteiger partial charge in [-0.15, -0.1) is 0 Å². The summed E-state index contributed by atoms with van der Waals surface area (Å²) in [6.45, 7) is 0. The predicted octanol–water partition coefficient (Wildman–Crippen LogP) is 4.85. The van der Waals surface area contributed by atoms with E-state index < -0.39 is 0 Å². The van der Waals surface area contributed by atoms with Crippen LogP contribution in [0.25, 0.3) is 0 Å². The first-order valence-electron chi connectivity index (χ1n) is 8.96. The van der Waals surface area contributed by atoms with Crippen molar-refractivity contribution in [1.29, 1.82) is 0 Å². The number of hydrogen-bond donors (Lipinski definition) is 1. The van der Waals surface area contributed by atoms with E-state index >= 15 is 0 Å². The van der Waals surface area contributed by atoms with Crippen molar-refractivity contribution in [2.24, 2.45) is 7.05 Å². The van der Waals surface area contributed by atoms with Gasteiger partial charge in [-0.3, -0.25) is 9.59 Å². The van der Waals surface area contributed by atoms with Crippen LogP contribution in [0.2, 0.25) is 10.0 Å². The number of rotatable bonds is 4. The minimum atomic E-state index is -0.383. The fourth-order valence-corrected chi connectivity index (χ4v) is 4.88. The van der Waals surface area contributed by atoms with Gasteiger partial charge in [0.1, 0.15) is 5.82 Å². The Morgan fingerprint density at radius 2 is 1.97 bits per heavy atom. The lowest BCUT2D eigenvalue weighted by Gasteiger charge is -2.27. The molecule has 1 amide bonds. The van der Waals surface area contributed by atoms with Crippen molar-refractivity contribution in [1.82, 2.24) is 9.55 Å². The molecule has 0 bridgehead atoms. The van der Waals surface area contributed by atoms with E-state index in [1.54, 1.807) is 23.7 Å². The lowest BCUT2D eigenvalue weighted by molar-refractivity contribution is -0.116. The van der Waals surface area contributed by atoms with Gasteiger partial charge in [0.05, 0.1) is 5.56 Å². The summed E-state index contributed by atoms with van der Waals surface area (Å²) in [7, 11) is 1.79. The summed E-state index contributed by atoms with van der Waals surface area (Å²) >= 11 is 13.7. The number of nitrogens with zero attached hydrogens (tertiary/aromatic N) is 2. The van der Waals surface area contributed by atoms with Crippen molar-refractivity contribution in [3.63, 3.8) is 0 Å². The second-order valence-electron chi connectivity index (χ2n) is 6.76. The van der Waals surface area contributed by atoms with E-state index in [0.717, 1.165) is 11.1 Å². The summed E-state index contributed by atoms with van der Waals surface area (Å²) in [5.41, 5.74) is 1.91. The number of hydrogen-bond acceptors (Lipinski definition) is 4. The van der Waals surface area contributed by atoms with Gasteiger partial charge in [-0.05, 0) is 29.3 Å². The maximum absolute atomic E-state index is 12.9. The predicted molar refractivity (Wildman–Crippen MR) is 117 cm³/mol. The van der Waals surface area contributed by atoms with Crippen LogP contribution >= 0.6 is 35.0 Å². The Morgan fingerprint density at radius 1 is 1.17 bits per heavy atom. The molecule has 0 radical (unpaired) electrons. The van der Waals surface area contributed by atoms with Crippen LogP contribution in [0.15, 0.2) is 58.5 Å². The van der Waals surface area contributed by atoms with Gasteiger partial charge in [0.25, 0.3) is 5.56 Å². The average molecular weight is 446 g/mol. The van der Waals surface area contributed by atoms with Crippen LogP contribution in [0.4, 0.5) is 5.82 Å². The molecular formula is C21H17Cl2N3O2S. The quantitative estimate of drug-likeness (QED) is 0.460. The van der Waals surface area contributed by atoms with Gasteiger partial charge in [-0.25, -0.2) is 0 Å². The Hall–Kier alpha value is -2.28. The van der Waals surface area contributed by atoms with Gasteiger partial charge < -0.3 is 9.88 Å². The minimum absolute atomic E-state index is 0.147. The summed E-state index contributed by atoms with van der Waals surface area (Å²) in [5.74, 6) is 0.509. The van der Waals surface area contributed by atoms with Crippen molar-refractivity contribution in [2.75, 3.05) is 5.32 Å². The molecule has 0 saturated carbocycles. The number of anilines is 1. The molecule has 2 aromatic carbocycles. The fourth-order valence-electron chi connectivity index (χ4n) is 3.43. The standard InChI is InChI=1S/C21H17Cl2N3O2S/c1-26-19-18(15(10-17(27)24-19)12-6-4-7-14(22)9-12)20(28)25-21(26)29-11-13-5-2-3-8-16(13)23/h2-9,15H,10-11H2,1H3,(H,24,27). The van der Waals surface area contributed by atoms with E-state index in [2.05, 4.69) is 10.3 Å². The van der Waals surface area contributed by atoms with Crippen molar-refractivity contribution in [2.45, 2.75) is 23.2 Å². The molecule has 0 spiro atoms. The van der Waals surface area contributed by atoms with Gasteiger partial charge in [0, 0.05) is 35.2 Å². The minimum Gasteiger partial charge on any atom is -0.312 e. The number of fused-ring (bicyclic) bond motifs is 1. The van der Waals surface area contributed by atoms with Crippen LogP contribution in [0, 0.1) is 0 Å². The van der Waals surface area contributed by atoms with E-state index in [0.29, 0.717) is 32.3 Å². The molecule has 1 N–H and O–H groups in total. The topological polar surface area (TPSA) is 64.0 Å². The maximum atomic E-state index is 12.9. The number of aromatic nitrogens is 2. The van der Waals surface area contributed by atoms with Crippen LogP contribution in [0.3, 0.4) is 0 Å². The first-order chi connectivity index (χ1) is 13.9. The maximum Gasteiger partial charge on any atom is 0.279 e. The molecule has 29 heavy (non-hydrogen) atoms. The Labute approximate surface area is 182 Å². The zero-order chi connectivity index (χ0) is 20.5. The van der Waals surface area contributed by atoms with E-state index in [1.165, 1.54) is 11.8 Å². The lowest BCUT2D eigenvalue weighted by Crippen LogP contribution is -2.33. The van der Waals surface area contributed by atoms with Crippen LogP contribution in [-0.4, -0.2) is 15.5 Å². The molecule has 5 nitrogen and oxygen atoms in total. The van der Waals surface area contributed by atoms with Gasteiger partial charge in [-0.1, -0.05) is 65.3 Å². The molecule has 8 heteroatoms. The van der Waals surface area contributed by atoms with Crippen LogP contribution in [0.1, 0.15) is 29.0 Å². The smallest absolute Gasteiger partial charge is 0.279 e. The van der Waals surface area contributed by atoms with Crippen molar-refractivity contribution < 1.29 is 4.79 Å². The first kappa shape index (κ1) is 20.0. The lowest BCUT2D eigenvalue weighted by atomic mass is 9.87. The molecule has 1 unspecified atom stereocenters. The number of carbonyl (C=O) groups is 1. The van der Waals surface area contributed by atoms with E-state index in [-0.39, 0.29) is 23.8 Å². The zero-order valence-corrected chi connectivity index (χ0v) is 17.8. The third-order valence-corrected chi connectivity index (χ3v) is 6.55. The number of halogens is 2. The third kappa shape index (κ3) is 4.06. The molecular weight excluding hydrogens is 429 g/mol. The highest BCUT2D eigenvalue weighted by atomic mass is 35.5. The number of thioether (sulfide) groups is 1. The third-order valence-electron chi connectivity index (χ3n) is 4.87. The monoisotopic (exact) mass is 445 g/mol. The highest BCUT2D eigenvalue weighted by Crippen LogP contribution is 2.37. The Morgan fingerprint density at radius 3 is 2.72 bits per heavy atom. The molecule has 2 heterocycles. The molecule has 3 aromatic rings. The summed E-state index contributed by atoms with van der Waals surface area (Å²) < 4.78 is 1.76. The van der Waals surface area contributed by atoms with Crippen LogP contribution in [-0.2, 0) is 17.6 Å². The van der Waals surface area contributed by atoms with E-state index in [4.69, 9.17) is 23.2 Å². The first-order valence-corrected chi connectivity index (χ1v) is 10.7. The number of carbonyl (C=O) groups excluding carboxylic acids is 1. The fraction of sp³-hybridized carbons (Fsp3) is 0.190. The number of amides is 1. The second-order valence-corrected chi connectivity index (χ2v) is 8.55. The Balaban J connectivity index is 1.73. The molecule has 148 valence electrons.